The van der Waals surface area contributed by atoms with Gasteiger partial charge in [0.1, 0.15) is 0 Å². The number of fused-ring (bicyclic) bond motifs is 2. The molecule has 1 aliphatic heterocycles. The second kappa shape index (κ2) is 7.66. The third-order valence-electron chi connectivity index (χ3n) is 4.88. The zero-order valence-electron chi connectivity index (χ0n) is 16.3. The third kappa shape index (κ3) is 3.99. The zero-order chi connectivity index (χ0) is 21.5. The molecule has 4 rings (SSSR count). The molecule has 0 saturated carbocycles. The number of carbonyl (C=O) groups excluding carboxylic acids is 2. The van der Waals surface area contributed by atoms with E-state index in [1.54, 1.807) is 23.2 Å². The van der Waals surface area contributed by atoms with Gasteiger partial charge < -0.3 is 10.2 Å². The van der Waals surface area contributed by atoms with E-state index in [0.717, 1.165) is 17.4 Å². The maximum absolute atomic E-state index is 12.8. The van der Waals surface area contributed by atoms with Crippen molar-refractivity contribution in [1.82, 2.24) is 9.88 Å². The highest BCUT2D eigenvalue weighted by atomic mass is 32.2. The number of benzene rings is 2. The summed E-state index contributed by atoms with van der Waals surface area (Å²) in [6.45, 7) is 1.47. The highest BCUT2D eigenvalue weighted by molar-refractivity contribution is 7.90. The van der Waals surface area contributed by atoms with E-state index in [-0.39, 0.29) is 23.1 Å². The number of amides is 2. The molecule has 7 nitrogen and oxygen atoms in total. The lowest BCUT2D eigenvalue weighted by Gasteiger charge is -2.32. The molecule has 1 unspecified atom stereocenters. The monoisotopic (exact) mass is 441 g/mol. The minimum Gasteiger partial charge on any atom is -0.311 e. The third-order valence-corrected chi connectivity index (χ3v) is 6.93. The molecule has 1 aromatic heterocycles. The minimum atomic E-state index is -3.32. The van der Waals surface area contributed by atoms with Gasteiger partial charge in [-0.15, -0.1) is 0 Å². The molecule has 154 valence electrons. The Bertz CT molecular complexity index is 1290. The van der Waals surface area contributed by atoms with Gasteiger partial charge in [0.2, 0.25) is 11.8 Å². The first-order valence-corrected chi connectivity index (χ1v) is 11.9. The molecule has 1 atom stereocenters. The predicted molar refractivity (Wildman–Crippen MR) is 117 cm³/mol. The van der Waals surface area contributed by atoms with Gasteiger partial charge in [-0.2, -0.15) is 0 Å². The maximum atomic E-state index is 12.8. The number of thiazole rings is 1. The van der Waals surface area contributed by atoms with Crippen LogP contribution in [0.2, 0.25) is 0 Å². The smallest absolute Gasteiger partial charge is 0.228 e. The fourth-order valence-electron chi connectivity index (χ4n) is 3.45. The number of nitrogens with zero attached hydrogens (tertiary/aromatic N) is 2. The molecule has 1 aliphatic rings. The summed E-state index contributed by atoms with van der Waals surface area (Å²) in [7, 11) is -3.32. The Morgan fingerprint density at radius 2 is 1.97 bits per heavy atom. The average molecular weight is 442 g/mol. The fraction of sp³-hybridized carbons (Fsp3) is 0.190. The summed E-state index contributed by atoms with van der Waals surface area (Å²) in [4.78, 5) is 31.0. The lowest BCUT2D eigenvalue weighted by molar-refractivity contribution is -0.129. The molecule has 0 bridgehead atoms. The average Bonchev–Trinajstić information content (AvgIpc) is 3.08. The van der Waals surface area contributed by atoms with Gasteiger partial charge in [0.05, 0.1) is 27.6 Å². The number of hydrogen-bond donors (Lipinski definition) is 1. The van der Waals surface area contributed by atoms with Crippen LogP contribution in [0.25, 0.3) is 16.3 Å². The number of rotatable bonds is 4. The van der Waals surface area contributed by atoms with Gasteiger partial charge in [-0.05, 0) is 35.4 Å². The quantitative estimate of drug-likeness (QED) is 0.667. The van der Waals surface area contributed by atoms with Crippen molar-refractivity contribution in [1.29, 1.82) is 0 Å². The van der Waals surface area contributed by atoms with Crippen LogP contribution in [-0.2, 0) is 19.4 Å². The maximum Gasteiger partial charge on any atom is 0.228 e. The summed E-state index contributed by atoms with van der Waals surface area (Å²) < 4.78 is 24.2. The SMILES string of the molecule is CC(=O)N1C=Cc2ccccc2C1CC(=O)Nc1nc2ccc(S(C)(=O)=O)cc2s1. The number of nitrogens with one attached hydrogen (secondary N) is 1. The molecule has 0 radical (unpaired) electrons. The molecule has 1 N–H and O–H groups in total. The molecule has 0 aliphatic carbocycles. The summed E-state index contributed by atoms with van der Waals surface area (Å²) in [5.41, 5.74) is 2.49. The Kier molecular flexibility index (Phi) is 5.17. The van der Waals surface area contributed by atoms with Crippen molar-refractivity contribution in [2.45, 2.75) is 24.3 Å². The van der Waals surface area contributed by atoms with Crippen LogP contribution in [0, 0.1) is 0 Å². The summed E-state index contributed by atoms with van der Waals surface area (Å²) in [5, 5.41) is 3.17. The summed E-state index contributed by atoms with van der Waals surface area (Å²) in [6, 6.07) is 11.9. The van der Waals surface area contributed by atoms with Crippen LogP contribution in [-0.4, -0.2) is 36.4 Å². The fourth-order valence-corrected chi connectivity index (χ4v) is 5.09. The number of sulfone groups is 1. The second-order valence-electron chi connectivity index (χ2n) is 7.06. The molecular weight excluding hydrogens is 422 g/mol. The topological polar surface area (TPSA) is 96.4 Å². The predicted octanol–water partition coefficient (Wildman–Crippen LogP) is 3.60. The highest BCUT2D eigenvalue weighted by Gasteiger charge is 2.28. The molecule has 0 fully saturated rings. The van der Waals surface area contributed by atoms with E-state index in [9.17, 15) is 18.0 Å². The van der Waals surface area contributed by atoms with Crippen LogP contribution >= 0.6 is 11.3 Å². The lowest BCUT2D eigenvalue weighted by Crippen LogP contribution is -2.33. The van der Waals surface area contributed by atoms with Crippen molar-refractivity contribution in [3.05, 3.63) is 59.8 Å². The first-order chi connectivity index (χ1) is 14.2. The van der Waals surface area contributed by atoms with E-state index in [1.807, 2.05) is 30.3 Å². The van der Waals surface area contributed by atoms with E-state index >= 15 is 0 Å². The van der Waals surface area contributed by atoms with Crippen LogP contribution < -0.4 is 5.32 Å². The molecule has 2 aromatic carbocycles. The normalized spacial score (nSPS) is 15.8. The van der Waals surface area contributed by atoms with Gasteiger partial charge >= 0.3 is 0 Å². The largest absolute Gasteiger partial charge is 0.311 e. The standard InChI is InChI=1S/C21H19N3O4S2/c1-13(25)24-10-9-14-5-3-4-6-16(14)18(24)12-20(26)23-21-22-17-8-7-15(30(2,27)28)11-19(17)29-21/h3-11,18H,12H2,1-2H3,(H,22,23,26). The number of hydrogen-bond acceptors (Lipinski definition) is 6. The van der Waals surface area contributed by atoms with Crippen LogP contribution in [0.1, 0.15) is 30.5 Å². The summed E-state index contributed by atoms with van der Waals surface area (Å²) in [6.07, 6.45) is 4.78. The Balaban J connectivity index is 1.56. The molecule has 3 aromatic rings. The molecule has 2 amide bonds. The van der Waals surface area contributed by atoms with Gasteiger partial charge in [0, 0.05) is 19.4 Å². The number of aromatic nitrogens is 1. The van der Waals surface area contributed by atoms with Crippen LogP contribution in [0.15, 0.2) is 53.6 Å². The first kappa shape index (κ1) is 20.2. The molecule has 9 heteroatoms. The Morgan fingerprint density at radius 3 is 2.70 bits per heavy atom. The van der Waals surface area contributed by atoms with E-state index in [4.69, 9.17) is 0 Å². The van der Waals surface area contributed by atoms with Gasteiger partial charge in [-0.3, -0.25) is 9.59 Å². The van der Waals surface area contributed by atoms with Gasteiger partial charge in [-0.25, -0.2) is 13.4 Å². The number of anilines is 1. The van der Waals surface area contributed by atoms with Crippen molar-refractivity contribution in [2.24, 2.45) is 0 Å². The second-order valence-corrected chi connectivity index (χ2v) is 10.1. The summed E-state index contributed by atoms with van der Waals surface area (Å²) >= 11 is 1.21. The Hall–Kier alpha value is -3.04. The zero-order valence-corrected chi connectivity index (χ0v) is 18.0. The Labute approximate surface area is 178 Å². The van der Waals surface area contributed by atoms with E-state index in [0.29, 0.717) is 15.3 Å². The molecular formula is C21H19N3O4S2. The Morgan fingerprint density at radius 1 is 1.20 bits per heavy atom. The van der Waals surface area contributed by atoms with Crippen LogP contribution in [0.4, 0.5) is 5.13 Å². The van der Waals surface area contributed by atoms with Crippen molar-refractivity contribution in [3.8, 4) is 0 Å². The van der Waals surface area contributed by atoms with Crippen LogP contribution in [0.3, 0.4) is 0 Å². The van der Waals surface area contributed by atoms with E-state index < -0.39 is 15.9 Å². The van der Waals surface area contributed by atoms with Gasteiger partial charge in [0.25, 0.3) is 0 Å². The van der Waals surface area contributed by atoms with Crippen molar-refractivity contribution in [2.75, 3.05) is 11.6 Å². The molecule has 2 heterocycles. The molecule has 0 spiro atoms. The van der Waals surface area contributed by atoms with Gasteiger partial charge in [0.15, 0.2) is 15.0 Å². The van der Waals surface area contributed by atoms with Crippen LogP contribution in [0.5, 0.6) is 0 Å². The van der Waals surface area contributed by atoms with Crippen molar-refractivity contribution >= 4 is 54.4 Å². The first-order valence-electron chi connectivity index (χ1n) is 9.19. The minimum absolute atomic E-state index is 0.0748. The summed E-state index contributed by atoms with van der Waals surface area (Å²) in [5.74, 6) is -0.425. The van der Waals surface area contributed by atoms with Crippen molar-refractivity contribution in [3.63, 3.8) is 0 Å². The molecule has 30 heavy (non-hydrogen) atoms. The van der Waals surface area contributed by atoms with E-state index in [1.165, 1.54) is 24.3 Å². The lowest BCUT2D eigenvalue weighted by atomic mass is 9.93. The van der Waals surface area contributed by atoms with Crippen molar-refractivity contribution < 1.29 is 18.0 Å². The molecule has 0 saturated heterocycles. The van der Waals surface area contributed by atoms with E-state index in [2.05, 4.69) is 10.3 Å². The highest BCUT2D eigenvalue weighted by Crippen LogP contribution is 2.34. The number of carbonyl (C=O) groups is 2. The van der Waals surface area contributed by atoms with Gasteiger partial charge in [-0.1, -0.05) is 35.6 Å².